The van der Waals surface area contributed by atoms with Gasteiger partial charge in [-0.1, -0.05) is 12.1 Å². The number of carboxylic acid groups (broad SMARTS) is 1. The lowest BCUT2D eigenvalue weighted by molar-refractivity contribution is -0.142. The van der Waals surface area contributed by atoms with Gasteiger partial charge in [-0.2, -0.15) is 24.4 Å². The van der Waals surface area contributed by atoms with Gasteiger partial charge in [0.25, 0.3) is 0 Å². The molecule has 1 unspecified atom stereocenters. The molecule has 0 saturated heterocycles. The maximum Gasteiger partial charge on any atom is 0.326 e. The number of benzene rings is 1. The Bertz CT molecular complexity index is 703. The molecule has 2 amide bonds. The van der Waals surface area contributed by atoms with Crippen molar-refractivity contribution in [3.8, 4) is 5.75 Å². The van der Waals surface area contributed by atoms with Crippen LogP contribution in [-0.2, 0) is 20.8 Å². The number of nitrogens with two attached hydrogens (primary N) is 1. The second-order valence-electron chi connectivity index (χ2n) is 7.15. The van der Waals surface area contributed by atoms with Gasteiger partial charge in [0.05, 0.1) is 13.2 Å². The molecule has 0 heterocycles. The van der Waals surface area contributed by atoms with Crippen LogP contribution in [0.15, 0.2) is 24.3 Å². The van der Waals surface area contributed by atoms with Gasteiger partial charge in [0.15, 0.2) is 0 Å². The Morgan fingerprint density at radius 3 is 2.42 bits per heavy atom. The van der Waals surface area contributed by atoms with Crippen molar-refractivity contribution in [1.82, 2.24) is 10.6 Å². The molecule has 0 saturated carbocycles. The van der Waals surface area contributed by atoms with Gasteiger partial charge in [0.1, 0.15) is 11.8 Å². The maximum absolute atomic E-state index is 12.9. The molecule has 31 heavy (non-hydrogen) atoms. The molecule has 0 aliphatic rings. The molecule has 0 spiro atoms. The Kier molecular flexibility index (Phi) is 13.1. The van der Waals surface area contributed by atoms with E-state index in [1.807, 2.05) is 30.5 Å². The minimum atomic E-state index is -1.04. The molecule has 8 nitrogen and oxygen atoms in total. The fourth-order valence-electron chi connectivity index (χ4n) is 2.93. The lowest BCUT2D eigenvalue weighted by atomic mass is 9.93. The van der Waals surface area contributed by atoms with Crippen molar-refractivity contribution >= 4 is 42.2 Å². The van der Waals surface area contributed by atoms with Crippen molar-refractivity contribution in [1.29, 1.82) is 0 Å². The number of methoxy groups -OCH3 is 1. The van der Waals surface area contributed by atoms with Gasteiger partial charge in [-0.25, -0.2) is 4.79 Å². The van der Waals surface area contributed by atoms with E-state index in [0.717, 1.165) is 11.3 Å². The molecule has 1 aromatic rings. The van der Waals surface area contributed by atoms with Crippen LogP contribution in [0.25, 0.3) is 0 Å². The van der Waals surface area contributed by atoms with Gasteiger partial charge in [-0.15, -0.1) is 0 Å². The van der Waals surface area contributed by atoms with E-state index in [4.69, 9.17) is 10.5 Å². The number of nitrogens with one attached hydrogen (secondary N) is 2. The fourth-order valence-corrected chi connectivity index (χ4v) is 3.57. The van der Waals surface area contributed by atoms with Crippen LogP contribution >= 0.6 is 24.4 Å². The number of aliphatic carboxylic acids is 1. The summed E-state index contributed by atoms with van der Waals surface area (Å²) in [6.45, 7) is 0.377. The van der Waals surface area contributed by atoms with E-state index in [1.165, 1.54) is 11.8 Å². The molecule has 0 bridgehead atoms. The molecule has 0 aliphatic carbocycles. The number of amides is 2. The Morgan fingerprint density at radius 1 is 1.19 bits per heavy atom. The second-order valence-corrected chi connectivity index (χ2v) is 8.50. The zero-order chi connectivity index (χ0) is 23.2. The predicted molar refractivity (Wildman–Crippen MR) is 127 cm³/mol. The highest BCUT2D eigenvalue weighted by Crippen LogP contribution is 2.18. The summed E-state index contributed by atoms with van der Waals surface area (Å²) in [5, 5.41) is 14.8. The summed E-state index contributed by atoms with van der Waals surface area (Å²) in [6, 6.07) is 5.81. The zero-order valence-electron chi connectivity index (χ0n) is 18.0. The fraction of sp³-hybridized carbons (Fsp3) is 0.571. The van der Waals surface area contributed by atoms with Gasteiger partial charge in [-0.3, -0.25) is 9.59 Å². The van der Waals surface area contributed by atoms with E-state index in [2.05, 4.69) is 23.3 Å². The Morgan fingerprint density at radius 2 is 1.87 bits per heavy atom. The van der Waals surface area contributed by atoms with Gasteiger partial charge in [0, 0.05) is 18.2 Å². The number of carbonyl (C=O) groups is 3. The van der Waals surface area contributed by atoms with Crippen molar-refractivity contribution in [3.05, 3.63) is 29.8 Å². The van der Waals surface area contributed by atoms with Gasteiger partial charge in [0.2, 0.25) is 11.8 Å². The summed E-state index contributed by atoms with van der Waals surface area (Å²) in [5.74, 6) is -0.454. The van der Waals surface area contributed by atoms with Gasteiger partial charge < -0.3 is 26.2 Å². The number of thioether (sulfide) groups is 1. The van der Waals surface area contributed by atoms with E-state index >= 15 is 0 Å². The molecular weight excluding hydrogens is 438 g/mol. The minimum Gasteiger partial charge on any atom is -0.497 e. The Labute approximate surface area is 193 Å². The van der Waals surface area contributed by atoms with Crippen molar-refractivity contribution in [3.63, 3.8) is 0 Å². The van der Waals surface area contributed by atoms with Gasteiger partial charge in [-0.05, 0) is 55.4 Å². The maximum atomic E-state index is 12.9. The highest BCUT2D eigenvalue weighted by atomic mass is 32.2. The molecule has 0 radical (unpaired) electrons. The molecule has 0 fully saturated rings. The summed E-state index contributed by atoms with van der Waals surface area (Å²) < 4.78 is 5.17. The largest absolute Gasteiger partial charge is 0.497 e. The number of hydrogen-bond acceptors (Lipinski definition) is 7. The van der Waals surface area contributed by atoms with Crippen LogP contribution < -0.4 is 21.1 Å². The first kappa shape index (κ1) is 27.1. The summed E-state index contributed by atoms with van der Waals surface area (Å²) in [6.07, 6.45) is 3.75. The molecule has 0 aliphatic heterocycles. The lowest BCUT2D eigenvalue weighted by Gasteiger charge is -2.21. The third kappa shape index (κ3) is 10.3. The van der Waals surface area contributed by atoms with E-state index in [9.17, 15) is 19.5 Å². The van der Waals surface area contributed by atoms with Crippen molar-refractivity contribution < 1.29 is 24.2 Å². The monoisotopic (exact) mass is 471 g/mol. The number of carboxylic acids is 1. The van der Waals surface area contributed by atoms with E-state index < -0.39 is 24.0 Å². The quantitative estimate of drug-likeness (QED) is 0.193. The number of thiol groups is 1. The highest BCUT2D eigenvalue weighted by Gasteiger charge is 2.25. The molecule has 10 heteroatoms. The smallest absolute Gasteiger partial charge is 0.326 e. The average molecular weight is 472 g/mol. The van der Waals surface area contributed by atoms with Crippen LogP contribution in [0.3, 0.4) is 0 Å². The average Bonchev–Trinajstić information content (AvgIpc) is 2.77. The Hall–Kier alpha value is -1.91. The molecule has 5 N–H and O–H groups in total. The molecule has 1 aromatic carbocycles. The third-order valence-electron chi connectivity index (χ3n) is 4.80. The summed E-state index contributed by atoms with van der Waals surface area (Å²) in [5.41, 5.74) is 6.58. The van der Waals surface area contributed by atoms with Crippen LogP contribution in [0.5, 0.6) is 5.75 Å². The van der Waals surface area contributed by atoms with Crippen LogP contribution in [0.1, 0.15) is 24.8 Å². The van der Waals surface area contributed by atoms with E-state index in [-0.39, 0.29) is 17.6 Å². The van der Waals surface area contributed by atoms with Crippen molar-refractivity contribution in [2.45, 2.75) is 37.8 Å². The topological polar surface area (TPSA) is 131 Å². The standard InChI is InChI=1S/C21H33N3O5S2/c1-29-16-7-5-14(6-8-16)12-15(4-3-10-23-20(26)17(22)13-30)19(25)24-18(21(27)28)9-11-31-2/h5-8,15,17-18,30H,3-4,9-13,22H2,1-2H3,(H,23,26)(H,24,25)(H,27,28)/t15?,17-,18-/m0/s1. The van der Waals surface area contributed by atoms with Crippen LogP contribution in [0.2, 0.25) is 0 Å². The molecule has 174 valence electrons. The Balaban J connectivity index is 2.78. The number of carbonyl (C=O) groups excluding carboxylic acids is 2. The first-order chi connectivity index (χ1) is 14.8. The van der Waals surface area contributed by atoms with Crippen molar-refractivity contribution in [2.24, 2.45) is 11.7 Å². The van der Waals surface area contributed by atoms with E-state index in [0.29, 0.717) is 38.0 Å². The SMILES string of the molecule is COc1ccc(CC(CCCNC(=O)[C@@H](N)CS)C(=O)N[C@@H](CCSC)C(=O)O)cc1. The van der Waals surface area contributed by atoms with Crippen LogP contribution in [0, 0.1) is 5.92 Å². The molecule has 1 rings (SSSR count). The first-order valence-electron chi connectivity index (χ1n) is 10.1. The normalized spacial score (nSPS) is 13.7. The first-order valence-corrected chi connectivity index (χ1v) is 12.1. The molecular formula is C21H33N3O5S2. The highest BCUT2D eigenvalue weighted by molar-refractivity contribution is 7.98. The van der Waals surface area contributed by atoms with Crippen LogP contribution in [-0.4, -0.2) is 66.4 Å². The number of hydrogen-bond donors (Lipinski definition) is 5. The van der Waals surface area contributed by atoms with Crippen molar-refractivity contribution in [2.75, 3.05) is 31.4 Å². The minimum absolute atomic E-state index is 0.251. The van der Waals surface area contributed by atoms with Crippen LogP contribution in [0.4, 0.5) is 0 Å². The summed E-state index contributed by atoms with van der Waals surface area (Å²) >= 11 is 5.53. The lowest BCUT2D eigenvalue weighted by Crippen LogP contribution is -2.45. The third-order valence-corrected chi connectivity index (χ3v) is 5.84. The van der Waals surface area contributed by atoms with E-state index in [1.54, 1.807) is 7.11 Å². The molecule has 3 atom stereocenters. The zero-order valence-corrected chi connectivity index (χ0v) is 19.7. The number of ether oxygens (including phenoxy) is 1. The summed E-state index contributed by atoms with van der Waals surface area (Å²) in [4.78, 5) is 36.2. The van der Waals surface area contributed by atoms with Gasteiger partial charge >= 0.3 is 5.97 Å². The summed E-state index contributed by atoms with van der Waals surface area (Å²) in [7, 11) is 1.58. The molecule has 0 aromatic heterocycles. The predicted octanol–water partition coefficient (Wildman–Crippen LogP) is 1.33. The number of rotatable bonds is 15. The second kappa shape index (κ2) is 15.0.